The maximum atomic E-state index is 13.3. The topological polar surface area (TPSA) is 87.7 Å². The first-order valence-corrected chi connectivity index (χ1v) is 7.13. The normalized spacial score (nSPS) is 21.0. The highest BCUT2D eigenvalue weighted by Gasteiger charge is 2.30. The lowest BCUT2D eigenvalue weighted by Gasteiger charge is -2.13. The van der Waals surface area contributed by atoms with Gasteiger partial charge in [-0.3, -0.25) is 0 Å². The van der Waals surface area contributed by atoms with Crippen molar-refractivity contribution in [2.24, 2.45) is 0 Å². The standard InChI is InChI=1S/C13H14BrFN2O4/c14-9-3-1-7(5-10(9)15)17-13(20)16-6-8-2-4-11(21-8)12(18)19/h1,3,5,8,11H,2,4,6H2,(H,18,19)(H2,16,17,20). The van der Waals surface area contributed by atoms with Crippen molar-refractivity contribution in [3.63, 3.8) is 0 Å². The lowest BCUT2D eigenvalue weighted by Crippen LogP contribution is -2.35. The Kier molecular flexibility index (Phi) is 5.13. The summed E-state index contributed by atoms with van der Waals surface area (Å²) in [5.41, 5.74) is 0.323. The second-order valence-corrected chi connectivity index (χ2v) is 5.48. The van der Waals surface area contributed by atoms with Gasteiger partial charge >= 0.3 is 12.0 Å². The fourth-order valence-corrected chi connectivity index (χ4v) is 2.24. The number of aliphatic carboxylic acids is 1. The van der Waals surface area contributed by atoms with Gasteiger partial charge in [0.15, 0.2) is 6.10 Å². The number of carbonyl (C=O) groups excluding carboxylic acids is 1. The molecular formula is C13H14BrFN2O4. The van der Waals surface area contributed by atoms with Gasteiger partial charge < -0.3 is 20.5 Å². The van der Waals surface area contributed by atoms with E-state index in [2.05, 4.69) is 26.6 Å². The fraction of sp³-hybridized carbons (Fsp3) is 0.385. The zero-order valence-corrected chi connectivity index (χ0v) is 12.5. The van der Waals surface area contributed by atoms with Gasteiger partial charge in [0.1, 0.15) is 5.82 Å². The number of carboxylic acids is 1. The molecule has 0 radical (unpaired) electrons. The second kappa shape index (κ2) is 6.86. The summed E-state index contributed by atoms with van der Waals surface area (Å²) in [4.78, 5) is 22.4. The Hall–Kier alpha value is -1.67. The van der Waals surface area contributed by atoms with E-state index in [4.69, 9.17) is 9.84 Å². The summed E-state index contributed by atoms with van der Waals surface area (Å²) in [5.74, 6) is -1.47. The summed E-state index contributed by atoms with van der Waals surface area (Å²) in [6.07, 6.45) is -0.121. The van der Waals surface area contributed by atoms with Crippen LogP contribution < -0.4 is 10.6 Å². The summed E-state index contributed by atoms with van der Waals surface area (Å²) in [5, 5.41) is 13.8. The fourth-order valence-electron chi connectivity index (χ4n) is 1.99. The number of halogens is 2. The van der Waals surface area contributed by atoms with E-state index in [9.17, 15) is 14.0 Å². The monoisotopic (exact) mass is 360 g/mol. The van der Waals surface area contributed by atoms with Crippen LogP contribution in [0.3, 0.4) is 0 Å². The van der Waals surface area contributed by atoms with Crippen molar-refractivity contribution in [1.82, 2.24) is 5.32 Å². The average molecular weight is 361 g/mol. The molecule has 0 bridgehead atoms. The van der Waals surface area contributed by atoms with Gasteiger partial charge in [0.2, 0.25) is 0 Å². The van der Waals surface area contributed by atoms with Crippen molar-refractivity contribution in [3.05, 3.63) is 28.5 Å². The van der Waals surface area contributed by atoms with Crippen LogP contribution >= 0.6 is 15.9 Å². The molecule has 2 atom stereocenters. The Bertz CT molecular complexity index is 555. The third-order valence-corrected chi connectivity index (χ3v) is 3.69. The van der Waals surface area contributed by atoms with Crippen LogP contribution in [0.2, 0.25) is 0 Å². The van der Waals surface area contributed by atoms with Crippen molar-refractivity contribution in [2.75, 3.05) is 11.9 Å². The van der Waals surface area contributed by atoms with Gasteiger partial charge in [0.25, 0.3) is 0 Å². The highest BCUT2D eigenvalue weighted by atomic mass is 79.9. The molecule has 8 heteroatoms. The molecule has 1 saturated heterocycles. The number of carbonyl (C=O) groups is 2. The van der Waals surface area contributed by atoms with Crippen molar-refractivity contribution >= 4 is 33.6 Å². The number of anilines is 1. The first kappa shape index (κ1) is 15.7. The number of rotatable bonds is 4. The first-order chi connectivity index (χ1) is 9.95. The summed E-state index contributed by atoms with van der Waals surface area (Å²) in [6, 6.07) is 3.73. The highest BCUT2D eigenvalue weighted by molar-refractivity contribution is 9.10. The molecule has 1 aromatic carbocycles. The molecule has 0 saturated carbocycles. The van der Waals surface area contributed by atoms with Crippen LogP contribution in [0, 0.1) is 5.82 Å². The minimum atomic E-state index is -0.993. The number of ether oxygens (including phenoxy) is 1. The van der Waals surface area contributed by atoms with Crippen molar-refractivity contribution in [1.29, 1.82) is 0 Å². The second-order valence-electron chi connectivity index (χ2n) is 4.63. The summed E-state index contributed by atoms with van der Waals surface area (Å²) >= 11 is 3.02. The molecule has 0 aliphatic carbocycles. The van der Waals surface area contributed by atoms with Crippen molar-refractivity contribution in [3.8, 4) is 0 Å². The molecule has 6 nitrogen and oxygen atoms in total. The Morgan fingerprint density at radius 3 is 2.81 bits per heavy atom. The zero-order valence-electron chi connectivity index (χ0n) is 10.9. The number of hydrogen-bond acceptors (Lipinski definition) is 3. The molecule has 0 aromatic heterocycles. The number of hydrogen-bond donors (Lipinski definition) is 3. The number of benzene rings is 1. The SMILES string of the molecule is O=C(NCC1CCC(C(=O)O)O1)Nc1ccc(Br)c(F)c1. The predicted molar refractivity (Wildman–Crippen MR) is 76.7 cm³/mol. The van der Waals surface area contributed by atoms with E-state index in [1.165, 1.54) is 12.1 Å². The van der Waals surface area contributed by atoms with Crippen LogP contribution in [0.5, 0.6) is 0 Å². The van der Waals surface area contributed by atoms with E-state index in [0.717, 1.165) is 0 Å². The van der Waals surface area contributed by atoms with Crippen LogP contribution in [0.4, 0.5) is 14.9 Å². The Balaban J connectivity index is 1.77. The molecule has 114 valence electrons. The zero-order chi connectivity index (χ0) is 15.4. The van der Waals surface area contributed by atoms with Crippen LogP contribution in [0.25, 0.3) is 0 Å². The van der Waals surface area contributed by atoms with Gasteiger partial charge in [-0.2, -0.15) is 0 Å². The molecule has 2 rings (SSSR count). The third kappa shape index (κ3) is 4.40. The quantitative estimate of drug-likeness (QED) is 0.768. The predicted octanol–water partition coefficient (Wildman–Crippen LogP) is 2.34. The van der Waals surface area contributed by atoms with Gasteiger partial charge in [-0.1, -0.05) is 0 Å². The largest absolute Gasteiger partial charge is 0.479 e. The highest BCUT2D eigenvalue weighted by Crippen LogP contribution is 2.20. The molecule has 3 N–H and O–H groups in total. The Labute approximate surface area is 128 Å². The van der Waals surface area contributed by atoms with Crippen LogP contribution in [0.1, 0.15) is 12.8 Å². The van der Waals surface area contributed by atoms with E-state index in [-0.39, 0.29) is 12.6 Å². The molecular weight excluding hydrogens is 347 g/mol. The Morgan fingerprint density at radius 1 is 1.43 bits per heavy atom. The molecule has 21 heavy (non-hydrogen) atoms. The van der Waals surface area contributed by atoms with E-state index in [1.807, 2.05) is 0 Å². The Morgan fingerprint density at radius 2 is 2.19 bits per heavy atom. The van der Waals surface area contributed by atoms with E-state index >= 15 is 0 Å². The van der Waals surface area contributed by atoms with Gasteiger partial charge in [-0.05, 0) is 47.0 Å². The van der Waals surface area contributed by atoms with E-state index < -0.39 is 23.9 Å². The minimum absolute atomic E-state index is 0.203. The van der Waals surface area contributed by atoms with Crippen LogP contribution in [-0.2, 0) is 9.53 Å². The molecule has 1 fully saturated rings. The summed E-state index contributed by atoms with van der Waals surface area (Å²) < 4.78 is 18.8. The third-order valence-electron chi connectivity index (χ3n) is 3.05. The lowest BCUT2D eigenvalue weighted by molar-refractivity contribution is -0.149. The van der Waals surface area contributed by atoms with Crippen LogP contribution in [-0.4, -0.2) is 35.9 Å². The minimum Gasteiger partial charge on any atom is -0.479 e. The van der Waals surface area contributed by atoms with E-state index in [0.29, 0.717) is 23.0 Å². The van der Waals surface area contributed by atoms with Gasteiger partial charge in [0.05, 0.1) is 10.6 Å². The molecule has 1 heterocycles. The molecule has 1 aliphatic heterocycles. The molecule has 2 amide bonds. The smallest absolute Gasteiger partial charge is 0.332 e. The molecule has 1 aliphatic rings. The molecule has 0 spiro atoms. The lowest BCUT2D eigenvalue weighted by atomic mass is 10.2. The summed E-state index contributed by atoms with van der Waals surface area (Å²) in [7, 11) is 0. The maximum Gasteiger partial charge on any atom is 0.332 e. The van der Waals surface area contributed by atoms with Gasteiger partial charge in [-0.15, -0.1) is 0 Å². The summed E-state index contributed by atoms with van der Waals surface area (Å²) in [6.45, 7) is 0.203. The van der Waals surface area contributed by atoms with E-state index in [1.54, 1.807) is 6.07 Å². The number of amides is 2. The number of nitrogens with one attached hydrogen (secondary N) is 2. The van der Waals surface area contributed by atoms with Crippen LogP contribution in [0.15, 0.2) is 22.7 Å². The molecule has 2 unspecified atom stereocenters. The average Bonchev–Trinajstić information content (AvgIpc) is 2.90. The van der Waals surface area contributed by atoms with Gasteiger partial charge in [0, 0.05) is 12.2 Å². The first-order valence-electron chi connectivity index (χ1n) is 6.34. The molecule has 1 aromatic rings. The van der Waals surface area contributed by atoms with Crippen molar-refractivity contribution < 1.29 is 23.8 Å². The maximum absolute atomic E-state index is 13.3. The number of urea groups is 1. The van der Waals surface area contributed by atoms with Crippen molar-refractivity contribution in [2.45, 2.75) is 25.0 Å². The number of carboxylic acid groups (broad SMARTS) is 1. The van der Waals surface area contributed by atoms with Gasteiger partial charge in [-0.25, -0.2) is 14.0 Å².